The van der Waals surface area contributed by atoms with Crippen LogP contribution in [0.5, 0.6) is 0 Å². The van der Waals surface area contributed by atoms with E-state index in [1.807, 2.05) is 0 Å². The molecule has 0 atom stereocenters. The molecule has 0 saturated carbocycles. The zero-order valence-corrected chi connectivity index (χ0v) is 6.44. The van der Waals surface area contributed by atoms with Crippen molar-refractivity contribution in [3.63, 3.8) is 0 Å². The number of hydrogen-bond donors (Lipinski definition) is 0. The van der Waals surface area contributed by atoms with Crippen LogP contribution in [0.1, 0.15) is 35.1 Å². The fourth-order valence-corrected chi connectivity index (χ4v) is 0.516. The summed E-state index contributed by atoms with van der Waals surface area (Å²) in [7, 11) is 4.23. The van der Waals surface area contributed by atoms with Gasteiger partial charge in [-0.1, -0.05) is 28.7 Å². The van der Waals surface area contributed by atoms with Crippen LogP contribution in [0.25, 0.3) is 0 Å². The summed E-state index contributed by atoms with van der Waals surface area (Å²) < 4.78 is 0. The Morgan fingerprint density at radius 1 is 1.10 bits per heavy atom. The molecule has 1 nitrogen and oxygen atoms in total. The minimum Gasteiger partial charge on any atom is -0.309 e. The molecule has 1 heteroatoms. The van der Waals surface area contributed by atoms with Crippen LogP contribution < -0.4 is 0 Å². The van der Waals surface area contributed by atoms with Crippen molar-refractivity contribution in [2.24, 2.45) is 5.92 Å². The molecule has 0 radical (unpaired) electrons. The summed E-state index contributed by atoms with van der Waals surface area (Å²) in [6.45, 7) is 5.73. The van der Waals surface area contributed by atoms with Gasteiger partial charge in [-0.05, 0) is 33.0 Å². The van der Waals surface area contributed by atoms with Crippen molar-refractivity contribution in [3.8, 4) is 0 Å². The molecule has 0 unspecified atom stereocenters. The van der Waals surface area contributed by atoms with E-state index in [2.05, 4.69) is 32.8 Å². The second-order valence-corrected chi connectivity index (χ2v) is 2.99. The van der Waals surface area contributed by atoms with Crippen LogP contribution in [0.3, 0.4) is 0 Å². The van der Waals surface area contributed by atoms with E-state index in [4.69, 9.17) is 0 Å². The standard InChI is InChI=1S/C7H17N.2CH4/c1-7(2)5-6-8(3)4;;/h7H,5-6H2,1-4H3;2*1H4. The van der Waals surface area contributed by atoms with E-state index in [0.717, 1.165) is 5.92 Å². The van der Waals surface area contributed by atoms with Crippen molar-refractivity contribution < 1.29 is 0 Å². The van der Waals surface area contributed by atoms with Crippen molar-refractivity contribution in [2.45, 2.75) is 35.1 Å². The van der Waals surface area contributed by atoms with E-state index in [1.165, 1.54) is 13.0 Å². The maximum atomic E-state index is 2.25. The van der Waals surface area contributed by atoms with E-state index in [9.17, 15) is 0 Å². The van der Waals surface area contributed by atoms with E-state index in [-0.39, 0.29) is 14.9 Å². The highest BCUT2D eigenvalue weighted by Crippen LogP contribution is 1.98. The zero-order valence-electron chi connectivity index (χ0n) is 6.44. The number of nitrogens with zero attached hydrogens (tertiary/aromatic N) is 1. The zero-order chi connectivity index (χ0) is 6.57. The fourth-order valence-electron chi connectivity index (χ4n) is 0.516. The molecule has 0 spiro atoms. The van der Waals surface area contributed by atoms with Crippen molar-refractivity contribution in [1.82, 2.24) is 4.90 Å². The van der Waals surface area contributed by atoms with Gasteiger partial charge in [0.25, 0.3) is 0 Å². The summed E-state index contributed by atoms with van der Waals surface area (Å²) in [6.07, 6.45) is 1.31. The van der Waals surface area contributed by atoms with Crippen molar-refractivity contribution in [2.75, 3.05) is 20.6 Å². The normalized spacial score (nSPS) is 9.00. The molecule has 0 aromatic carbocycles. The lowest BCUT2D eigenvalue weighted by Crippen LogP contribution is -2.14. The van der Waals surface area contributed by atoms with Crippen LogP contribution in [0.2, 0.25) is 0 Å². The minimum absolute atomic E-state index is 0. The molecule has 0 aliphatic carbocycles. The summed E-state index contributed by atoms with van der Waals surface area (Å²) in [6, 6.07) is 0. The predicted octanol–water partition coefficient (Wildman–Crippen LogP) is 2.87. The Kier molecular flexibility index (Phi) is 14.8. The van der Waals surface area contributed by atoms with Gasteiger partial charge in [-0.15, -0.1) is 0 Å². The lowest BCUT2D eigenvalue weighted by atomic mass is 10.1. The molecule has 10 heavy (non-hydrogen) atoms. The molecule has 0 amide bonds. The largest absolute Gasteiger partial charge is 0.309 e. The second kappa shape index (κ2) is 8.96. The van der Waals surface area contributed by atoms with Crippen LogP contribution in [0, 0.1) is 5.92 Å². The highest BCUT2D eigenvalue weighted by molar-refractivity contribution is 4.47. The molecule has 0 N–H and O–H groups in total. The van der Waals surface area contributed by atoms with Gasteiger partial charge in [0.2, 0.25) is 0 Å². The number of hydrogen-bond acceptors (Lipinski definition) is 1. The van der Waals surface area contributed by atoms with Crippen LogP contribution in [-0.4, -0.2) is 25.5 Å². The third-order valence-corrected chi connectivity index (χ3v) is 1.15. The minimum atomic E-state index is 0. The van der Waals surface area contributed by atoms with E-state index in [0.29, 0.717) is 0 Å². The molecule has 0 heterocycles. The second-order valence-electron chi connectivity index (χ2n) is 2.99. The summed E-state index contributed by atoms with van der Waals surface area (Å²) in [4.78, 5) is 2.22. The molecular formula is C9H25N. The maximum Gasteiger partial charge on any atom is -0.00224 e. The lowest BCUT2D eigenvalue weighted by Gasteiger charge is -2.10. The molecular weight excluding hydrogens is 122 g/mol. The molecule has 0 aliphatic rings. The van der Waals surface area contributed by atoms with Gasteiger partial charge in [-0.3, -0.25) is 0 Å². The van der Waals surface area contributed by atoms with Crippen LogP contribution >= 0.6 is 0 Å². The van der Waals surface area contributed by atoms with Gasteiger partial charge in [0.15, 0.2) is 0 Å². The summed E-state index contributed by atoms with van der Waals surface area (Å²) in [5.74, 6) is 0.845. The average Bonchev–Trinajstić information content (AvgIpc) is 1.61. The van der Waals surface area contributed by atoms with Gasteiger partial charge in [0, 0.05) is 0 Å². The Bertz CT molecular complexity index is 40.7. The Labute approximate surface area is 67.4 Å². The van der Waals surface area contributed by atoms with Crippen molar-refractivity contribution in [3.05, 3.63) is 0 Å². The molecule has 0 aliphatic heterocycles. The molecule has 66 valence electrons. The first kappa shape index (κ1) is 16.5. The Morgan fingerprint density at radius 3 is 1.60 bits per heavy atom. The topological polar surface area (TPSA) is 3.24 Å². The first-order chi connectivity index (χ1) is 3.63. The molecule has 0 rings (SSSR count). The average molecular weight is 147 g/mol. The highest BCUT2D eigenvalue weighted by Gasteiger charge is 1.93. The van der Waals surface area contributed by atoms with Crippen LogP contribution in [0.4, 0.5) is 0 Å². The van der Waals surface area contributed by atoms with E-state index in [1.54, 1.807) is 0 Å². The van der Waals surface area contributed by atoms with Gasteiger partial charge < -0.3 is 4.90 Å². The van der Waals surface area contributed by atoms with Crippen LogP contribution in [-0.2, 0) is 0 Å². The highest BCUT2D eigenvalue weighted by atomic mass is 15.0. The molecule has 0 saturated heterocycles. The Balaban J connectivity index is -0.000000245. The number of rotatable bonds is 3. The molecule has 0 aromatic rings. The molecule has 0 fully saturated rings. The van der Waals surface area contributed by atoms with Gasteiger partial charge in [-0.25, -0.2) is 0 Å². The van der Waals surface area contributed by atoms with Crippen molar-refractivity contribution >= 4 is 0 Å². The maximum absolute atomic E-state index is 2.25. The first-order valence-corrected chi connectivity index (χ1v) is 3.27. The van der Waals surface area contributed by atoms with Crippen LogP contribution in [0.15, 0.2) is 0 Å². The van der Waals surface area contributed by atoms with E-state index >= 15 is 0 Å². The van der Waals surface area contributed by atoms with Gasteiger partial charge in [-0.2, -0.15) is 0 Å². The van der Waals surface area contributed by atoms with Gasteiger partial charge in [0.1, 0.15) is 0 Å². The summed E-state index contributed by atoms with van der Waals surface area (Å²) >= 11 is 0. The smallest absolute Gasteiger partial charge is 0.00224 e. The third kappa shape index (κ3) is 15.7. The third-order valence-electron chi connectivity index (χ3n) is 1.15. The van der Waals surface area contributed by atoms with Gasteiger partial charge >= 0.3 is 0 Å². The Hall–Kier alpha value is -0.0400. The Morgan fingerprint density at radius 2 is 1.50 bits per heavy atom. The fraction of sp³-hybridized carbons (Fsp3) is 1.00. The lowest BCUT2D eigenvalue weighted by molar-refractivity contribution is 0.369. The summed E-state index contributed by atoms with van der Waals surface area (Å²) in [5.41, 5.74) is 0. The predicted molar refractivity (Wildman–Crippen MR) is 51.5 cm³/mol. The van der Waals surface area contributed by atoms with E-state index < -0.39 is 0 Å². The van der Waals surface area contributed by atoms with Crippen molar-refractivity contribution in [1.29, 1.82) is 0 Å². The monoisotopic (exact) mass is 147 g/mol. The summed E-state index contributed by atoms with van der Waals surface area (Å²) in [5, 5.41) is 0. The molecule has 0 aromatic heterocycles. The quantitative estimate of drug-likeness (QED) is 0.593. The molecule has 0 bridgehead atoms. The SMILES string of the molecule is C.C.CC(C)CCN(C)C. The van der Waals surface area contributed by atoms with Gasteiger partial charge in [0.05, 0.1) is 0 Å². The first-order valence-electron chi connectivity index (χ1n) is 3.27.